The molecule has 0 radical (unpaired) electrons. The average Bonchev–Trinajstić information content (AvgIpc) is 2.89. The topological polar surface area (TPSA) is 86.8 Å². The van der Waals surface area contributed by atoms with Crippen LogP contribution < -0.4 is 20.3 Å². The zero-order valence-corrected chi connectivity index (χ0v) is 20.5. The number of nitrogens with one attached hydrogen (secondary N) is 2. The number of nitrogens with zero attached hydrogens (tertiary/aromatic N) is 3. The molecule has 3 amide bonds. The van der Waals surface area contributed by atoms with E-state index in [1.807, 2.05) is 48.2 Å². The van der Waals surface area contributed by atoms with Crippen molar-refractivity contribution in [2.45, 2.75) is 13.5 Å². The fraction of sp³-hybridized carbons (Fsp3) is 0.269. The molecular formula is C26H28ClN5O3. The van der Waals surface area contributed by atoms with Crippen LogP contribution in [0.3, 0.4) is 0 Å². The summed E-state index contributed by atoms with van der Waals surface area (Å²) in [5, 5.41) is 6.36. The maximum atomic E-state index is 13.0. The predicted octanol–water partition coefficient (Wildman–Crippen LogP) is 4.34. The molecule has 1 aliphatic rings. The van der Waals surface area contributed by atoms with Crippen molar-refractivity contribution in [3.8, 4) is 5.75 Å². The Morgan fingerprint density at radius 1 is 1.06 bits per heavy atom. The Morgan fingerprint density at radius 3 is 2.51 bits per heavy atom. The van der Waals surface area contributed by atoms with Crippen LogP contribution in [-0.4, -0.2) is 55.1 Å². The third-order valence-corrected chi connectivity index (χ3v) is 6.20. The Balaban J connectivity index is 1.36. The molecule has 35 heavy (non-hydrogen) atoms. The molecule has 0 spiro atoms. The quantitative estimate of drug-likeness (QED) is 0.533. The van der Waals surface area contributed by atoms with Gasteiger partial charge in [-0.3, -0.25) is 4.79 Å². The zero-order chi connectivity index (χ0) is 24.8. The minimum Gasteiger partial charge on any atom is -0.497 e. The Labute approximate surface area is 209 Å². The van der Waals surface area contributed by atoms with Gasteiger partial charge in [0.2, 0.25) is 0 Å². The fourth-order valence-electron chi connectivity index (χ4n) is 3.90. The summed E-state index contributed by atoms with van der Waals surface area (Å²) in [6.45, 7) is 4.46. The molecule has 8 nitrogen and oxygen atoms in total. The summed E-state index contributed by atoms with van der Waals surface area (Å²) in [5.74, 6) is 1.18. The van der Waals surface area contributed by atoms with Crippen molar-refractivity contribution >= 4 is 35.0 Å². The molecule has 0 unspecified atom stereocenters. The van der Waals surface area contributed by atoms with Crippen molar-refractivity contribution in [3.05, 3.63) is 82.5 Å². The molecule has 1 saturated heterocycles. The van der Waals surface area contributed by atoms with Gasteiger partial charge in [-0.1, -0.05) is 29.8 Å². The van der Waals surface area contributed by atoms with Crippen LogP contribution in [0.1, 0.15) is 21.5 Å². The third kappa shape index (κ3) is 6.02. The van der Waals surface area contributed by atoms with E-state index in [1.54, 1.807) is 36.4 Å². The highest BCUT2D eigenvalue weighted by Gasteiger charge is 2.25. The Morgan fingerprint density at radius 2 is 1.80 bits per heavy atom. The third-order valence-electron chi connectivity index (χ3n) is 5.87. The van der Waals surface area contributed by atoms with E-state index in [2.05, 4.69) is 15.6 Å². The van der Waals surface area contributed by atoms with Crippen LogP contribution in [0.5, 0.6) is 5.75 Å². The summed E-state index contributed by atoms with van der Waals surface area (Å²) in [4.78, 5) is 34.0. The van der Waals surface area contributed by atoms with E-state index >= 15 is 0 Å². The fourth-order valence-corrected chi connectivity index (χ4v) is 4.06. The molecule has 1 fully saturated rings. The number of urea groups is 1. The molecule has 2 N–H and O–H groups in total. The summed E-state index contributed by atoms with van der Waals surface area (Å²) in [6.07, 6.45) is 1.68. The van der Waals surface area contributed by atoms with Crippen LogP contribution in [0.25, 0.3) is 0 Å². The van der Waals surface area contributed by atoms with Gasteiger partial charge >= 0.3 is 6.03 Å². The predicted molar refractivity (Wildman–Crippen MR) is 137 cm³/mol. The van der Waals surface area contributed by atoms with Gasteiger partial charge in [0.05, 0.1) is 23.4 Å². The van der Waals surface area contributed by atoms with E-state index in [1.165, 1.54) is 0 Å². The number of hydrogen-bond acceptors (Lipinski definition) is 5. The highest BCUT2D eigenvalue weighted by atomic mass is 35.5. The maximum Gasteiger partial charge on any atom is 0.322 e. The van der Waals surface area contributed by atoms with Crippen molar-refractivity contribution in [3.63, 3.8) is 0 Å². The number of halogens is 1. The van der Waals surface area contributed by atoms with Crippen LogP contribution in [0.4, 0.5) is 16.3 Å². The number of ether oxygens (including phenoxy) is 1. The first-order valence-electron chi connectivity index (χ1n) is 11.4. The van der Waals surface area contributed by atoms with Crippen molar-refractivity contribution in [1.29, 1.82) is 0 Å². The van der Waals surface area contributed by atoms with E-state index in [0.29, 0.717) is 54.8 Å². The highest BCUT2D eigenvalue weighted by molar-refractivity contribution is 6.33. The number of piperazine rings is 1. The number of carbonyl (C=O) groups excluding carboxylic acids is 2. The SMILES string of the molecule is COc1ccc(CNC(=O)c2cccnc2N2CCN(C(=O)Nc3cc(C)ccc3Cl)CC2)cc1. The van der Waals surface area contributed by atoms with Gasteiger partial charge in [0.15, 0.2) is 0 Å². The summed E-state index contributed by atoms with van der Waals surface area (Å²) in [6, 6.07) is 16.4. The second-order valence-corrected chi connectivity index (χ2v) is 8.70. The standard InChI is InChI=1S/C26H28ClN5O3/c1-18-5-10-22(27)23(16-18)30-26(34)32-14-12-31(13-15-32)24-21(4-3-11-28-24)25(33)29-17-19-6-8-20(35-2)9-7-19/h3-11,16H,12-15,17H2,1-2H3,(H,29,33)(H,30,34). The van der Waals surface area contributed by atoms with Crippen molar-refractivity contribution < 1.29 is 14.3 Å². The van der Waals surface area contributed by atoms with Gasteiger partial charge in [-0.2, -0.15) is 0 Å². The molecule has 0 bridgehead atoms. The number of rotatable bonds is 6. The van der Waals surface area contributed by atoms with Gasteiger partial charge in [-0.15, -0.1) is 0 Å². The lowest BCUT2D eigenvalue weighted by molar-refractivity contribution is 0.0950. The van der Waals surface area contributed by atoms with E-state index in [0.717, 1.165) is 16.9 Å². The molecule has 0 aliphatic carbocycles. The summed E-state index contributed by atoms with van der Waals surface area (Å²) in [7, 11) is 1.62. The summed E-state index contributed by atoms with van der Waals surface area (Å²) < 4.78 is 5.17. The molecule has 3 aromatic rings. The lowest BCUT2D eigenvalue weighted by Gasteiger charge is -2.36. The number of hydrogen-bond donors (Lipinski definition) is 2. The van der Waals surface area contributed by atoms with E-state index in [9.17, 15) is 9.59 Å². The monoisotopic (exact) mass is 493 g/mol. The lowest BCUT2D eigenvalue weighted by atomic mass is 10.2. The number of aryl methyl sites for hydroxylation is 1. The minimum absolute atomic E-state index is 0.196. The Kier molecular flexibility index (Phi) is 7.72. The molecule has 0 atom stereocenters. The second-order valence-electron chi connectivity index (χ2n) is 8.29. The molecule has 1 aliphatic heterocycles. The van der Waals surface area contributed by atoms with Crippen LogP contribution in [0.15, 0.2) is 60.8 Å². The van der Waals surface area contributed by atoms with Gasteiger partial charge in [-0.05, 0) is 54.4 Å². The number of aromatic nitrogens is 1. The van der Waals surface area contributed by atoms with E-state index < -0.39 is 0 Å². The molecule has 0 saturated carbocycles. The smallest absolute Gasteiger partial charge is 0.322 e. The number of anilines is 2. The van der Waals surface area contributed by atoms with Crippen molar-refractivity contribution in [1.82, 2.24) is 15.2 Å². The molecular weight excluding hydrogens is 466 g/mol. The first-order chi connectivity index (χ1) is 16.9. The number of methoxy groups -OCH3 is 1. The minimum atomic E-state index is -0.198. The van der Waals surface area contributed by atoms with Crippen LogP contribution in [0.2, 0.25) is 5.02 Å². The van der Waals surface area contributed by atoms with E-state index in [4.69, 9.17) is 16.3 Å². The van der Waals surface area contributed by atoms with Gasteiger partial charge < -0.3 is 25.2 Å². The van der Waals surface area contributed by atoms with Gasteiger partial charge in [0.25, 0.3) is 5.91 Å². The van der Waals surface area contributed by atoms with Crippen molar-refractivity contribution in [2.24, 2.45) is 0 Å². The number of amides is 3. The molecule has 1 aromatic heterocycles. The second kappa shape index (κ2) is 11.1. The molecule has 4 rings (SSSR count). The van der Waals surface area contributed by atoms with Gasteiger partial charge in [0.1, 0.15) is 11.6 Å². The zero-order valence-electron chi connectivity index (χ0n) is 19.8. The molecule has 182 valence electrons. The van der Waals surface area contributed by atoms with Crippen LogP contribution in [0, 0.1) is 6.92 Å². The molecule has 2 heterocycles. The molecule has 2 aromatic carbocycles. The molecule has 9 heteroatoms. The Hall–Kier alpha value is -3.78. The Bertz CT molecular complexity index is 1190. The summed E-state index contributed by atoms with van der Waals surface area (Å²) >= 11 is 6.21. The van der Waals surface area contributed by atoms with Crippen LogP contribution in [-0.2, 0) is 6.54 Å². The van der Waals surface area contributed by atoms with E-state index in [-0.39, 0.29) is 11.9 Å². The first-order valence-corrected chi connectivity index (χ1v) is 11.8. The number of carbonyl (C=O) groups is 2. The van der Waals surface area contributed by atoms with Gasteiger partial charge in [-0.25, -0.2) is 9.78 Å². The number of benzene rings is 2. The maximum absolute atomic E-state index is 13.0. The first kappa shape index (κ1) is 24.3. The average molecular weight is 494 g/mol. The van der Waals surface area contributed by atoms with Crippen LogP contribution >= 0.6 is 11.6 Å². The summed E-state index contributed by atoms with van der Waals surface area (Å²) in [5.41, 5.74) is 3.09. The largest absolute Gasteiger partial charge is 0.497 e. The van der Waals surface area contributed by atoms with Gasteiger partial charge in [0, 0.05) is 38.9 Å². The highest BCUT2D eigenvalue weighted by Crippen LogP contribution is 2.24. The number of pyridine rings is 1. The normalized spacial score (nSPS) is 13.3. The van der Waals surface area contributed by atoms with Crippen molar-refractivity contribution in [2.75, 3.05) is 43.5 Å². The lowest BCUT2D eigenvalue weighted by Crippen LogP contribution is -2.50.